The molecule has 1 aromatic carbocycles. The first-order valence-corrected chi connectivity index (χ1v) is 13.7. The number of aromatic amines is 1. The molecule has 0 bridgehead atoms. The van der Waals surface area contributed by atoms with Crippen molar-refractivity contribution in [1.29, 1.82) is 0 Å². The van der Waals surface area contributed by atoms with Gasteiger partial charge in [-0.05, 0) is 43.7 Å². The van der Waals surface area contributed by atoms with Gasteiger partial charge < -0.3 is 25.0 Å². The monoisotopic (exact) mass is 503 g/mol. The summed E-state index contributed by atoms with van der Waals surface area (Å²) in [6, 6.07) is 11.7. The molecule has 182 valence electrons. The van der Waals surface area contributed by atoms with E-state index in [0.29, 0.717) is 27.9 Å². The number of fused-ring (bicyclic) bond motifs is 1. The van der Waals surface area contributed by atoms with Crippen molar-refractivity contribution in [2.24, 2.45) is 0 Å². The second kappa shape index (κ2) is 9.05. The second-order valence-electron chi connectivity index (χ2n) is 8.62. The van der Waals surface area contributed by atoms with Crippen molar-refractivity contribution in [2.45, 2.75) is 6.54 Å². The number of nitrogens with zero attached hydrogens (tertiary/aromatic N) is 4. The van der Waals surface area contributed by atoms with Crippen molar-refractivity contribution >= 4 is 29.8 Å². The number of anilines is 1. The third-order valence-corrected chi connectivity index (χ3v) is 7.33. The maximum Gasteiger partial charge on any atom is 0.274 e. The zero-order chi connectivity index (χ0) is 25.4. The Morgan fingerprint density at radius 2 is 1.97 bits per heavy atom. The van der Waals surface area contributed by atoms with Gasteiger partial charge in [-0.1, -0.05) is 12.1 Å². The Kier molecular flexibility index (Phi) is 5.89. The molecular formula is C25H23FN7O2P. The third kappa shape index (κ3) is 4.38. The molecule has 4 N–H and O–H groups in total. The van der Waals surface area contributed by atoms with Gasteiger partial charge in [0.25, 0.3) is 5.91 Å². The number of rotatable bonds is 6. The summed E-state index contributed by atoms with van der Waals surface area (Å²) < 4.78 is 29.1. The van der Waals surface area contributed by atoms with Crippen LogP contribution < -0.4 is 16.4 Å². The van der Waals surface area contributed by atoms with E-state index in [0.717, 1.165) is 5.65 Å². The fourth-order valence-electron chi connectivity index (χ4n) is 4.02. The third-order valence-electron chi connectivity index (χ3n) is 5.75. The minimum Gasteiger partial charge on any atom is -0.382 e. The predicted molar refractivity (Wildman–Crippen MR) is 137 cm³/mol. The van der Waals surface area contributed by atoms with Gasteiger partial charge >= 0.3 is 0 Å². The molecule has 0 atom stereocenters. The zero-order valence-electron chi connectivity index (χ0n) is 19.6. The van der Waals surface area contributed by atoms with Gasteiger partial charge in [0.15, 0.2) is 11.5 Å². The Morgan fingerprint density at radius 1 is 1.14 bits per heavy atom. The summed E-state index contributed by atoms with van der Waals surface area (Å²) in [5.41, 5.74) is 9.28. The van der Waals surface area contributed by atoms with E-state index >= 15 is 0 Å². The summed E-state index contributed by atoms with van der Waals surface area (Å²) in [6.45, 7) is 2.93. The topological polar surface area (TPSA) is 131 Å². The van der Waals surface area contributed by atoms with Gasteiger partial charge in [0.2, 0.25) is 0 Å². The van der Waals surface area contributed by atoms with E-state index in [-0.39, 0.29) is 23.6 Å². The van der Waals surface area contributed by atoms with Gasteiger partial charge in [-0.15, -0.1) is 0 Å². The molecule has 0 fully saturated rings. The molecule has 11 heteroatoms. The lowest BCUT2D eigenvalue weighted by atomic mass is 10.1. The minimum absolute atomic E-state index is 0.0741. The van der Waals surface area contributed by atoms with E-state index in [1.807, 2.05) is 34.9 Å². The first kappa shape index (κ1) is 23.4. The zero-order valence-corrected chi connectivity index (χ0v) is 20.5. The van der Waals surface area contributed by atoms with E-state index < -0.39 is 18.9 Å². The Hall–Kier alpha value is -4.30. The molecule has 4 heterocycles. The van der Waals surface area contributed by atoms with E-state index in [1.165, 1.54) is 12.1 Å². The predicted octanol–water partition coefficient (Wildman–Crippen LogP) is 3.69. The summed E-state index contributed by atoms with van der Waals surface area (Å²) in [5.74, 6) is -1.25. The lowest BCUT2D eigenvalue weighted by Gasteiger charge is -2.16. The molecular weight excluding hydrogens is 480 g/mol. The fraction of sp³-hybridized carbons (Fsp3) is 0.120. The van der Waals surface area contributed by atoms with Gasteiger partial charge in [-0.25, -0.2) is 19.3 Å². The average molecular weight is 503 g/mol. The molecule has 0 saturated heterocycles. The van der Waals surface area contributed by atoms with Gasteiger partial charge in [0.1, 0.15) is 30.0 Å². The van der Waals surface area contributed by atoms with Crippen molar-refractivity contribution in [3.8, 4) is 22.6 Å². The highest BCUT2D eigenvalue weighted by Gasteiger charge is 2.23. The normalized spacial score (nSPS) is 11.6. The van der Waals surface area contributed by atoms with Crippen LogP contribution in [0.3, 0.4) is 0 Å². The highest BCUT2D eigenvalue weighted by atomic mass is 31.2. The lowest BCUT2D eigenvalue weighted by molar-refractivity contribution is 0.0946. The molecule has 0 unspecified atom stereocenters. The van der Waals surface area contributed by atoms with Crippen LogP contribution in [0.1, 0.15) is 16.1 Å². The summed E-state index contributed by atoms with van der Waals surface area (Å²) in [5, 5.41) is 3.04. The number of nitrogen functional groups attached to an aromatic ring is 1. The number of pyridine rings is 1. The number of halogens is 1. The number of imidazole rings is 1. The average Bonchev–Trinajstić information content (AvgIpc) is 3.54. The number of hydrogen-bond donors (Lipinski definition) is 3. The number of nitrogens with two attached hydrogens (primary N) is 1. The van der Waals surface area contributed by atoms with Crippen LogP contribution in [-0.2, 0) is 11.1 Å². The van der Waals surface area contributed by atoms with Gasteiger partial charge in [0.05, 0.1) is 5.69 Å². The smallest absolute Gasteiger partial charge is 0.274 e. The summed E-state index contributed by atoms with van der Waals surface area (Å²) in [4.78, 5) is 29.6. The molecule has 9 nitrogen and oxygen atoms in total. The van der Waals surface area contributed by atoms with Crippen molar-refractivity contribution in [2.75, 3.05) is 19.1 Å². The van der Waals surface area contributed by atoms with Crippen molar-refractivity contribution in [1.82, 2.24) is 29.7 Å². The molecule has 5 aromatic rings. The first-order chi connectivity index (χ1) is 17.2. The van der Waals surface area contributed by atoms with Crippen molar-refractivity contribution in [3.05, 3.63) is 84.3 Å². The molecule has 36 heavy (non-hydrogen) atoms. The fourth-order valence-corrected chi connectivity index (χ4v) is 5.30. The van der Waals surface area contributed by atoms with E-state index in [9.17, 15) is 13.8 Å². The van der Waals surface area contributed by atoms with Crippen LogP contribution in [0.4, 0.5) is 10.2 Å². The Labute approximate surface area is 206 Å². The summed E-state index contributed by atoms with van der Waals surface area (Å²) in [7, 11) is -2.78. The summed E-state index contributed by atoms with van der Waals surface area (Å²) >= 11 is 0. The van der Waals surface area contributed by atoms with Crippen molar-refractivity contribution in [3.63, 3.8) is 0 Å². The van der Waals surface area contributed by atoms with Gasteiger partial charge in [-0.2, -0.15) is 0 Å². The second-order valence-corrected chi connectivity index (χ2v) is 11.8. The van der Waals surface area contributed by atoms with E-state index in [1.54, 1.807) is 38.0 Å². The molecule has 0 radical (unpaired) electrons. The number of nitrogens with one attached hydrogen (secondary N) is 2. The Balaban J connectivity index is 1.54. The first-order valence-electron chi connectivity index (χ1n) is 11.1. The van der Waals surface area contributed by atoms with Crippen LogP contribution >= 0.6 is 7.14 Å². The highest BCUT2D eigenvalue weighted by Crippen LogP contribution is 2.36. The van der Waals surface area contributed by atoms with Crippen molar-refractivity contribution < 1.29 is 13.8 Å². The van der Waals surface area contributed by atoms with Crippen LogP contribution in [-0.4, -0.2) is 43.6 Å². The Morgan fingerprint density at radius 3 is 2.72 bits per heavy atom. The number of hydrogen-bond acceptors (Lipinski definition) is 6. The van der Waals surface area contributed by atoms with Crippen LogP contribution in [0.25, 0.3) is 28.3 Å². The SMILES string of the molecule is CP(C)(=O)c1cccc(F)c1CNC(=O)c1nc(-c2ccc3nccn3c2)c(-c2ccc[nH]2)nc1N. The van der Waals surface area contributed by atoms with E-state index in [4.69, 9.17) is 5.73 Å². The Bertz CT molecular complexity index is 1640. The lowest BCUT2D eigenvalue weighted by Crippen LogP contribution is -2.29. The molecule has 4 aromatic heterocycles. The molecule has 0 aliphatic rings. The molecule has 0 aliphatic heterocycles. The molecule has 0 spiro atoms. The number of aromatic nitrogens is 5. The summed E-state index contributed by atoms with van der Waals surface area (Å²) in [6.07, 6.45) is 7.07. The molecule has 0 saturated carbocycles. The number of amides is 1. The van der Waals surface area contributed by atoms with Crippen LogP contribution in [0.15, 0.2) is 67.3 Å². The van der Waals surface area contributed by atoms with Crippen LogP contribution in [0.2, 0.25) is 0 Å². The van der Waals surface area contributed by atoms with Gasteiger partial charge in [0, 0.05) is 47.8 Å². The minimum atomic E-state index is -2.78. The van der Waals surface area contributed by atoms with E-state index in [2.05, 4.69) is 25.3 Å². The number of benzene rings is 1. The number of carbonyl (C=O) groups excluding carboxylic acids is 1. The quantitative estimate of drug-likeness (QED) is 0.303. The molecule has 1 amide bonds. The number of carbonyl (C=O) groups is 1. The van der Waals surface area contributed by atoms with Crippen LogP contribution in [0, 0.1) is 5.82 Å². The largest absolute Gasteiger partial charge is 0.382 e. The molecule has 5 rings (SSSR count). The highest BCUT2D eigenvalue weighted by molar-refractivity contribution is 7.70. The number of H-pyrrole nitrogens is 1. The standard InChI is InChI=1S/C25H23FN7O2P/c1-36(2,35)19-7-3-5-17(26)16(19)13-30-25(34)23-24(27)32-22(18-6-4-10-28-18)21(31-23)15-8-9-20-29-11-12-33(20)14-15/h3-12,14,28H,13H2,1-2H3,(H2,27,32)(H,30,34). The maximum atomic E-state index is 14.6. The van der Waals surface area contributed by atoms with Crippen LogP contribution in [0.5, 0.6) is 0 Å². The molecule has 0 aliphatic carbocycles. The maximum absolute atomic E-state index is 14.6. The van der Waals surface area contributed by atoms with Gasteiger partial charge in [-0.3, -0.25) is 4.79 Å².